The van der Waals surface area contributed by atoms with Crippen molar-refractivity contribution in [2.45, 2.75) is 28.9 Å². The molecule has 0 aromatic rings. The normalized spacial score (nSPS) is 9.58. The molecule has 12 heavy (non-hydrogen) atoms. The van der Waals surface area contributed by atoms with Crippen molar-refractivity contribution in [2.75, 3.05) is 0 Å². The zero-order chi connectivity index (χ0) is 10.1. The van der Waals surface area contributed by atoms with Gasteiger partial charge in [-0.05, 0) is 6.42 Å². The van der Waals surface area contributed by atoms with Crippen LogP contribution >= 0.6 is 50.5 Å². The minimum absolute atomic E-state index is 0.287. The average molecular weight is 246 g/mol. The van der Waals surface area contributed by atoms with E-state index >= 15 is 0 Å². The summed E-state index contributed by atoms with van der Waals surface area (Å²) in [4.78, 5) is 9.55. The van der Waals surface area contributed by atoms with Gasteiger partial charge in [0.2, 0.25) is 0 Å². The van der Waals surface area contributed by atoms with E-state index in [0.717, 1.165) is 6.42 Å². The second-order valence-corrected chi connectivity index (χ2v) is 5.08. The third kappa shape index (κ3) is 17.1. The molecule has 1 N–H and O–H groups in total. The highest BCUT2D eigenvalue weighted by Gasteiger charge is 2.01. The Morgan fingerprint density at radius 3 is 1.67 bits per heavy atom. The van der Waals surface area contributed by atoms with E-state index in [-0.39, 0.29) is 4.58 Å². The Hall–Kier alpha value is 0.870. The van der Waals surface area contributed by atoms with Crippen LogP contribution in [0, 0.1) is 0 Å². The molecule has 0 saturated heterocycles. The van der Waals surface area contributed by atoms with E-state index in [1.807, 2.05) is 0 Å². The van der Waals surface area contributed by atoms with Crippen LogP contribution in [-0.4, -0.2) is 20.2 Å². The van der Waals surface area contributed by atoms with Crippen LogP contribution in [0.5, 0.6) is 0 Å². The van der Waals surface area contributed by atoms with Crippen molar-refractivity contribution in [3.05, 3.63) is 0 Å². The maximum Gasteiger partial charge on any atom is 0.326 e. The number of carboxylic acid groups (broad SMARTS) is 1. The molecule has 0 fully saturated rings. The van der Waals surface area contributed by atoms with Crippen molar-refractivity contribution in [3.63, 3.8) is 0 Å². The largest absolute Gasteiger partial charge is 0.480 e. The summed E-state index contributed by atoms with van der Waals surface area (Å²) in [5, 5.41) is 7.84. The molecule has 0 unspecified atom stereocenters. The molecule has 6 heteroatoms. The summed E-state index contributed by atoms with van der Waals surface area (Å²) >= 11 is 15.0. The number of aliphatic carboxylic acids is 1. The summed E-state index contributed by atoms with van der Waals surface area (Å²) in [5.41, 5.74) is 0. The van der Waals surface area contributed by atoms with E-state index in [0.29, 0.717) is 0 Å². The molecule has 0 radical (unpaired) electrons. The van der Waals surface area contributed by atoms with E-state index in [4.69, 9.17) is 5.11 Å². The topological polar surface area (TPSA) is 37.3 Å². The van der Waals surface area contributed by atoms with Crippen LogP contribution in [0.2, 0.25) is 0 Å². The molecule has 0 aliphatic rings. The Bertz CT molecular complexity index is 116. The predicted octanol–water partition coefficient (Wildman–Crippen LogP) is 2.23. The minimum atomic E-state index is -1.01. The third-order valence-electron chi connectivity index (χ3n) is 0.768. The van der Waals surface area contributed by atoms with Crippen molar-refractivity contribution < 1.29 is 9.90 Å². The summed E-state index contributed by atoms with van der Waals surface area (Å²) in [5.74, 6) is -1.01. The number of carboxylic acids is 1. The van der Waals surface area contributed by atoms with Crippen LogP contribution in [0.4, 0.5) is 0 Å². The van der Waals surface area contributed by atoms with E-state index in [2.05, 4.69) is 57.4 Å². The second kappa shape index (κ2) is 9.95. The molecule has 0 heterocycles. The molecule has 74 valence electrons. The first-order valence-electron chi connectivity index (χ1n) is 3.36. The molecule has 0 aromatic heterocycles. The SMILES string of the molecule is CCCC(S)S.O=C(O)C(S)S. The number of carbonyl (C=O) groups is 1. The van der Waals surface area contributed by atoms with Gasteiger partial charge in [-0.3, -0.25) is 4.79 Å². The maximum absolute atomic E-state index is 9.55. The van der Waals surface area contributed by atoms with Gasteiger partial charge in [-0.1, -0.05) is 13.3 Å². The van der Waals surface area contributed by atoms with Crippen LogP contribution in [0.3, 0.4) is 0 Å². The number of thiol groups is 4. The van der Waals surface area contributed by atoms with E-state index in [1.165, 1.54) is 6.42 Å². The Balaban J connectivity index is 0. The highest BCUT2D eigenvalue weighted by atomic mass is 32.2. The van der Waals surface area contributed by atoms with Crippen LogP contribution in [0.25, 0.3) is 0 Å². The zero-order valence-corrected chi connectivity index (χ0v) is 10.3. The monoisotopic (exact) mass is 246 g/mol. The lowest BCUT2D eigenvalue weighted by atomic mass is 10.4. The highest BCUT2D eigenvalue weighted by molar-refractivity contribution is 8.00. The van der Waals surface area contributed by atoms with Crippen molar-refractivity contribution in [3.8, 4) is 0 Å². The van der Waals surface area contributed by atoms with E-state index in [9.17, 15) is 4.79 Å². The van der Waals surface area contributed by atoms with E-state index < -0.39 is 10.6 Å². The highest BCUT2D eigenvalue weighted by Crippen LogP contribution is 2.06. The van der Waals surface area contributed by atoms with Crippen LogP contribution in [0.15, 0.2) is 0 Å². The lowest BCUT2D eigenvalue weighted by molar-refractivity contribution is -0.134. The first-order valence-corrected chi connectivity index (χ1v) is 5.43. The Morgan fingerprint density at radius 2 is 1.67 bits per heavy atom. The molecule has 0 aromatic carbocycles. The van der Waals surface area contributed by atoms with Crippen LogP contribution in [-0.2, 0) is 4.79 Å². The van der Waals surface area contributed by atoms with Gasteiger partial charge in [0.15, 0.2) is 0 Å². The van der Waals surface area contributed by atoms with Crippen molar-refractivity contribution in [1.29, 1.82) is 0 Å². The lowest BCUT2D eigenvalue weighted by Gasteiger charge is -1.94. The van der Waals surface area contributed by atoms with Gasteiger partial charge in [0, 0.05) is 4.58 Å². The first kappa shape index (κ1) is 15.3. The standard InChI is InChI=1S/C4H10S2.C2H4O2S2/c1-2-3-4(5)6;3-1(4)2(5)6/h4-6H,2-3H2,1H3;2,5-6H,(H,3,4). The molecular formula is C6H14O2S4. The molecule has 0 aliphatic heterocycles. The molecule has 0 rings (SSSR count). The van der Waals surface area contributed by atoms with Crippen LogP contribution < -0.4 is 0 Å². The minimum Gasteiger partial charge on any atom is -0.480 e. The summed E-state index contributed by atoms with van der Waals surface area (Å²) in [6.45, 7) is 2.12. The zero-order valence-electron chi connectivity index (χ0n) is 6.71. The summed E-state index contributed by atoms with van der Waals surface area (Å²) in [6.07, 6.45) is 2.28. The van der Waals surface area contributed by atoms with Gasteiger partial charge in [0.25, 0.3) is 0 Å². The van der Waals surface area contributed by atoms with Gasteiger partial charge >= 0.3 is 5.97 Å². The van der Waals surface area contributed by atoms with Gasteiger partial charge in [-0.2, -0.15) is 50.5 Å². The summed E-state index contributed by atoms with van der Waals surface area (Å²) < 4.78 is -0.556. The molecule has 0 saturated carbocycles. The van der Waals surface area contributed by atoms with E-state index in [1.54, 1.807) is 0 Å². The molecule has 0 atom stereocenters. The average Bonchev–Trinajstić information content (AvgIpc) is 1.87. The quantitative estimate of drug-likeness (QED) is 0.391. The Morgan fingerprint density at radius 1 is 1.33 bits per heavy atom. The van der Waals surface area contributed by atoms with Gasteiger partial charge < -0.3 is 5.11 Å². The van der Waals surface area contributed by atoms with Crippen molar-refractivity contribution in [2.24, 2.45) is 0 Å². The molecule has 2 nitrogen and oxygen atoms in total. The molecule has 0 aliphatic carbocycles. The fourth-order valence-electron chi connectivity index (χ4n) is 0.258. The van der Waals surface area contributed by atoms with Gasteiger partial charge in [-0.15, -0.1) is 0 Å². The smallest absolute Gasteiger partial charge is 0.326 e. The Kier molecular flexibility index (Phi) is 12.7. The van der Waals surface area contributed by atoms with Crippen molar-refractivity contribution in [1.82, 2.24) is 0 Å². The van der Waals surface area contributed by atoms with Gasteiger partial charge in [0.05, 0.1) is 0 Å². The van der Waals surface area contributed by atoms with Gasteiger partial charge in [0.1, 0.15) is 4.58 Å². The Labute approximate surface area is 95.1 Å². The molecule has 0 amide bonds. The number of rotatable bonds is 3. The number of hydrogen-bond acceptors (Lipinski definition) is 5. The van der Waals surface area contributed by atoms with Gasteiger partial charge in [-0.25, -0.2) is 0 Å². The predicted molar refractivity (Wildman–Crippen MR) is 66.1 cm³/mol. The van der Waals surface area contributed by atoms with Crippen LogP contribution in [0.1, 0.15) is 19.8 Å². The molecule has 0 bridgehead atoms. The summed E-state index contributed by atoms with van der Waals surface area (Å²) in [6, 6.07) is 0. The molecule has 0 spiro atoms. The fourth-order valence-corrected chi connectivity index (χ4v) is 0.775. The fraction of sp³-hybridized carbons (Fsp3) is 0.833. The number of hydrogen-bond donors (Lipinski definition) is 5. The molecular weight excluding hydrogens is 232 g/mol. The third-order valence-corrected chi connectivity index (χ3v) is 1.73. The maximum atomic E-state index is 9.55. The van der Waals surface area contributed by atoms with Crippen molar-refractivity contribution >= 4 is 56.5 Å². The lowest BCUT2D eigenvalue weighted by Crippen LogP contribution is -2.04. The second-order valence-electron chi connectivity index (χ2n) is 1.98. The summed E-state index contributed by atoms with van der Waals surface area (Å²) in [7, 11) is 0. The first-order chi connectivity index (χ1) is 5.41.